The monoisotopic (exact) mass is 471 g/mol. The van der Waals surface area contributed by atoms with E-state index in [0.717, 1.165) is 21.1 Å². The van der Waals surface area contributed by atoms with Crippen LogP contribution in [0, 0.1) is 0 Å². The molecule has 2 heterocycles. The fourth-order valence-corrected chi connectivity index (χ4v) is 4.93. The molecule has 158 valence electrons. The van der Waals surface area contributed by atoms with Crippen LogP contribution in [0.25, 0.3) is 22.0 Å². The van der Waals surface area contributed by atoms with Gasteiger partial charge in [0, 0.05) is 11.1 Å². The summed E-state index contributed by atoms with van der Waals surface area (Å²) in [6.07, 6.45) is 3.79. The van der Waals surface area contributed by atoms with Gasteiger partial charge in [0.1, 0.15) is 21.5 Å². The first-order valence-corrected chi connectivity index (χ1v) is 12.1. The van der Waals surface area contributed by atoms with Crippen LogP contribution in [0.3, 0.4) is 0 Å². The van der Waals surface area contributed by atoms with Crippen molar-refractivity contribution in [2.45, 2.75) is 4.90 Å². The number of sulfonamides is 1. The summed E-state index contributed by atoms with van der Waals surface area (Å²) in [4.78, 5) is 9.71. The largest absolute Gasteiger partial charge is 0.508 e. The number of phenols is 1. The van der Waals surface area contributed by atoms with Crippen molar-refractivity contribution in [2.75, 3.05) is 11.1 Å². The number of nitrogens with one attached hydrogen (secondary N) is 1. The molecule has 8 nitrogen and oxygen atoms in total. The summed E-state index contributed by atoms with van der Waals surface area (Å²) in [5, 5.41) is 20.8. The number of rotatable bonds is 6. The number of aromatic hydroxyl groups is 1. The zero-order valence-corrected chi connectivity index (χ0v) is 18.3. The van der Waals surface area contributed by atoms with E-state index in [4.69, 9.17) is 10.9 Å². The maximum absolute atomic E-state index is 11.4. The average Bonchev–Trinajstić information content (AvgIpc) is 3.33. The van der Waals surface area contributed by atoms with Gasteiger partial charge in [-0.2, -0.15) is 0 Å². The van der Waals surface area contributed by atoms with Crippen LogP contribution in [0.15, 0.2) is 58.8 Å². The lowest BCUT2D eigenvalue weighted by atomic mass is 10.2. The van der Waals surface area contributed by atoms with Crippen LogP contribution in [0.5, 0.6) is 5.75 Å². The first kappa shape index (κ1) is 21.0. The second kappa shape index (κ2) is 8.47. The van der Waals surface area contributed by atoms with Crippen LogP contribution in [-0.4, -0.2) is 23.5 Å². The van der Waals surface area contributed by atoms with Crippen LogP contribution < -0.4 is 16.2 Å². The molecule has 0 bridgehead atoms. The summed E-state index contributed by atoms with van der Waals surface area (Å²) in [6, 6.07) is 12.9. The molecule has 4 rings (SSSR count). The summed E-state index contributed by atoms with van der Waals surface area (Å²) in [5.41, 5.74) is 8.48. The van der Waals surface area contributed by atoms with Gasteiger partial charge in [0.05, 0.1) is 10.6 Å². The summed E-state index contributed by atoms with van der Waals surface area (Å²) >= 11 is 2.81. The molecule has 31 heavy (non-hydrogen) atoms. The van der Waals surface area contributed by atoms with Crippen molar-refractivity contribution in [3.05, 3.63) is 65.2 Å². The second-order valence-electron chi connectivity index (χ2n) is 6.43. The molecule has 0 aliphatic rings. The van der Waals surface area contributed by atoms with Gasteiger partial charge in [-0.1, -0.05) is 29.5 Å². The van der Waals surface area contributed by atoms with Gasteiger partial charge in [-0.15, -0.1) is 11.3 Å². The number of hydrogen-bond donors (Lipinski definition) is 4. The van der Waals surface area contributed by atoms with Gasteiger partial charge in [-0.3, -0.25) is 0 Å². The molecule has 2 aromatic carbocycles. The predicted molar refractivity (Wildman–Crippen MR) is 126 cm³/mol. The topological polar surface area (TPSA) is 144 Å². The molecule has 6 N–H and O–H groups in total. The number of benzene rings is 2. The van der Waals surface area contributed by atoms with E-state index in [1.807, 2.05) is 29.7 Å². The summed E-state index contributed by atoms with van der Waals surface area (Å²) in [7, 11) is -3.74. The number of nitrogen functional groups attached to an aromatic ring is 1. The van der Waals surface area contributed by atoms with Crippen LogP contribution in [-0.2, 0) is 10.0 Å². The number of anilines is 3. The summed E-state index contributed by atoms with van der Waals surface area (Å²) in [6.45, 7) is 0. The molecule has 11 heteroatoms. The van der Waals surface area contributed by atoms with Crippen molar-refractivity contribution in [3.63, 3.8) is 0 Å². The van der Waals surface area contributed by atoms with Gasteiger partial charge in [0.2, 0.25) is 10.0 Å². The Labute approximate surface area is 186 Å². The first-order valence-electron chi connectivity index (χ1n) is 8.87. The Kier molecular flexibility index (Phi) is 5.74. The molecule has 0 aliphatic heterocycles. The van der Waals surface area contributed by atoms with Gasteiger partial charge in [-0.25, -0.2) is 23.5 Å². The van der Waals surface area contributed by atoms with E-state index in [9.17, 15) is 13.5 Å². The van der Waals surface area contributed by atoms with Crippen LogP contribution in [0.4, 0.5) is 16.6 Å². The van der Waals surface area contributed by atoms with Crippen molar-refractivity contribution in [3.8, 4) is 15.6 Å². The van der Waals surface area contributed by atoms with Crippen LogP contribution >= 0.6 is 22.7 Å². The second-order valence-corrected chi connectivity index (χ2v) is 9.85. The Balaban J connectivity index is 1.49. The summed E-state index contributed by atoms with van der Waals surface area (Å²) < 4.78 is 22.7. The molecule has 4 aromatic rings. The van der Waals surface area contributed by atoms with Crippen LogP contribution in [0.2, 0.25) is 0 Å². The fraction of sp³-hybridized carbons (Fsp3) is 0. The fourth-order valence-electron chi connectivity index (χ4n) is 2.62. The number of nitrogens with two attached hydrogens (primary N) is 2. The van der Waals surface area contributed by atoms with Crippen molar-refractivity contribution in [1.82, 2.24) is 9.97 Å². The molecule has 0 saturated heterocycles. The standard InChI is InChI=1S/C20H17N5O3S3/c21-18-17(19-23-14(11-29-19)4-1-12-2-7-15(26)8-3-12)30-20(25-18)24-13-5-9-16(10-6-13)31(22,27)28/h1-11,26H,21H2,(H,24,25)(H2,22,27,28)/b4-1+. The minimum Gasteiger partial charge on any atom is -0.508 e. The van der Waals surface area contributed by atoms with Crippen molar-refractivity contribution >= 4 is 61.5 Å². The van der Waals surface area contributed by atoms with Gasteiger partial charge in [0.15, 0.2) is 5.13 Å². The molecule has 0 fully saturated rings. The molecule has 0 saturated carbocycles. The Morgan fingerprint density at radius 3 is 2.39 bits per heavy atom. The quantitative estimate of drug-likeness (QED) is 0.331. The van der Waals surface area contributed by atoms with E-state index in [-0.39, 0.29) is 10.6 Å². The highest BCUT2D eigenvalue weighted by molar-refractivity contribution is 7.89. The molecular weight excluding hydrogens is 454 g/mol. The number of nitrogens with zero attached hydrogens (tertiary/aromatic N) is 2. The third-order valence-corrected chi connectivity index (χ3v) is 7.07. The SMILES string of the molecule is Nc1nc(Nc2ccc(S(N)(=O)=O)cc2)sc1-c1nc(/C=C/c2ccc(O)cc2)cs1. The maximum Gasteiger partial charge on any atom is 0.238 e. The molecule has 0 atom stereocenters. The van der Waals surface area contributed by atoms with Crippen molar-refractivity contribution < 1.29 is 13.5 Å². The lowest BCUT2D eigenvalue weighted by Crippen LogP contribution is -2.11. The van der Waals surface area contributed by atoms with Crippen molar-refractivity contribution in [2.24, 2.45) is 5.14 Å². The number of hydrogen-bond acceptors (Lipinski definition) is 9. The van der Waals surface area contributed by atoms with Crippen LogP contribution in [0.1, 0.15) is 11.3 Å². The number of primary sulfonamides is 1. The zero-order valence-electron chi connectivity index (χ0n) is 15.9. The lowest BCUT2D eigenvalue weighted by Gasteiger charge is -2.03. The highest BCUT2D eigenvalue weighted by Gasteiger charge is 2.14. The van der Waals surface area contributed by atoms with E-state index in [1.54, 1.807) is 24.3 Å². The van der Waals surface area contributed by atoms with E-state index >= 15 is 0 Å². The Morgan fingerprint density at radius 1 is 1.00 bits per heavy atom. The summed E-state index contributed by atoms with van der Waals surface area (Å²) in [5.74, 6) is 0.579. The normalized spacial score (nSPS) is 11.8. The molecule has 0 radical (unpaired) electrons. The number of phenolic OH excluding ortho intramolecular Hbond substituents is 1. The zero-order chi connectivity index (χ0) is 22.0. The molecular formula is C20H17N5O3S3. The predicted octanol–water partition coefficient (Wildman–Crippen LogP) is 4.12. The lowest BCUT2D eigenvalue weighted by molar-refractivity contribution is 0.475. The Bertz CT molecular complexity index is 1340. The van der Waals surface area contributed by atoms with Gasteiger partial charge in [-0.05, 0) is 48.0 Å². The van der Waals surface area contributed by atoms with Gasteiger partial charge in [0.25, 0.3) is 0 Å². The highest BCUT2D eigenvalue weighted by Crippen LogP contribution is 2.38. The molecule has 0 spiro atoms. The van der Waals surface area contributed by atoms with Gasteiger partial charge < -0.3 is 16.2 Å². The third-order valence-electron chi connectivity index (χ3n) is 4.14. The first-order chi connectivity index (χ1) is 14.8. The average molecular weight is 472 g/mol. The third kappa shape index (κ3) is 5.09. The maximum atomic E-state index is 11.4. The van der Waals surface area contributed by atoms with Crippen molar-refractivity contribution in [1.29, 1.82) is 0 Å². The Hall–Kier alpha value is -3.25. The smallest absolute Gasteiger partial charge is 0.238 e. The highest BCUT2D eigenvalue weighted by atomic mass is 32.2. The molecule has 0 unspecified atom stereocenters. The van der Waals surface area contributed by atoms with Gasteiger partial charge >= 0.3 is 0 Å². The molecule has 0 aliphatic carbocycles. The molecule has 2 aromatic heterocycles. The molecule has 0 amide bonds. The number of aromatic nitrogens is 2. The minimum absolute atomic E-state index is 0.0352. The van der Waals surface area contributed by atoms with E-state index in [1.165, 1.54) is 34.8 Å². The van der Waals surface area contributed by atoms with E-state index in [2.05, 4.69) is 15.3 Å². The number of thiazole rings is 2. The van der Waals surface area contributed by atoms with E-state index in [0.29, 0.717) is 16.6 Å². The Morgan fingerprint density at radius 2 is 1.71 bits per heavy atom. The minimum atomic E-state index is -3.74. The van der Waals surface area contributed by atoms with E-state index < -0.39 is 10.0 Å².